The average Bonchev–Trinajstić information content (AvgIpc) is 2.53. The number of aryl methyl sites for hydroxylation is 1. The van der Waals surface area contributed by atoms with E-state index in [0.717, 1.165) is 22.2 Å². The van der Waals surface area contributed by atoms with Gasteiger partial charge < -0.3 is 9.47 Å². The van der Waals surface area contributed by atoms with Gasteiger partial charge in [0.2, 0.25) is 0 Å². The maximum absolute atomic E-state index is 12.5. The highest BCUT2D eigenvalue weighted by Gasteiger charge is 2.23. The zero-order valence-corrected chi connectivity index (χ0v) is 13.2. The lowest BCUT2D eigenvalue weighted by atomic mass is 10.0. The molecular formula is C17H19NO4. The molecule has 0 aliphatic heterocycles. The number of ether oxygens (including phenoxy) is 2. The second-order valence-corrected chi connectivity index (χ2v) is 5.00. The van der Waals surface area contributed by atoms with Crippen molar-refractivity contribution in [2.24, 2.45) is 0 Å². The summed E-state index contributed by atoms with van der Waals surface area (Å²) in [5.41, 5.74) is 2.82. The minimum absolute atomic E-state index is 0.457. The zero-order chi connectivity index (χ0) is 16.3. The van der Waals surface area contributed by atoms with Gasteiger partial charge in [0.1, 0.15) is 0 Å². The predicted molar refractivity (Wildman–Crippen MR) is 82.8 cm³/mol. The number of esters is 2. The van der Waals surface area contributed by atoms with Gasteiger partial charge in [-0.15, -0.1) is 0 Å². The van der Waals surface area contributed by atoms with E-state index in [1.165, 1.54) is 14.0 Å². The van der Waals surface area contributed by atoms with Crippen molar-refractivity contribution >= 4 is 22.8 Å². The lowest BCUT2D eigenvalue weighted by molar-refractivity contribution is -0.149. The number of fused-ring (bicyclic) bond motifs is 1. The lowest BCUT2D eigenvalue weighted by Gasteiger charge is -2.15. The van der Waals surface area contributed by atoms with Crippen molar-refractivity contribution in [2.75, 3.05) is 7.11 Å². The van der Waals surface area contributed by atoms with Crippen molar-refractivity contribution in [3.63, 3.8) is 0 Å². The molecule has 0 unspecified atom stereocenters. The summed E-state index contributed by atoms with van der Waals surface area (Å²) in [5.74, 6) is -1.12. The molecule has 0 N–H and O–H groups in total. The summed E-state index contributed by atoms with van der Waals surface area (Å²) in [4.78, 5) is 28.5. The first kappa shape index (κ1) is 15.9. The van der Waals surface area contributed by atoms with Crippen molar-refractivity contribution in [3.05, 3.63) is 41.1 Å². The Balaban J connectivity index is 2.51. The minimum atomic E-state index is -0.950. The number of methoxy groups -OCH3 is 1. The van der Waals surface area contributed by atoms with Crippen molar-refractivity contribution in [1.82, 2.24) is 4.98 Å². The first-order valence-corrected chi connectivity index (χ1v) is 7.16. The van der Waals surface area contributed by atoms with Gasteiger partial charge in [-0.05, 0) is 31.9 Å². The van der Waals surface area contributed by atoms with Gasteiger partial charge in [0.15, 0.2) is 6.10 Å². The van der Waals surface area contributed by atoms with Crippen LogP contribution in [0.25, 0.3) is 10.9 Å². The van der Waals surface area contributed by atoms with E-state index in [1.54, 1.807) is 0 Å². The molecule has 0 aliphatic rings. The second kappa shape index (κ2) is 6.56. The van der Waals surface area contributed by atoms with E-state index in [-0.39, 0.29) is 0 Å². The number of aromatic nitrogens is 1. The van der Waals surface area contributed by atoms with Crippen LogP contribution in [0, 0.1) is 6.92 Å². The summed E-state index contributed by atoms with van der Waals surface area (Å²) in [5, 5.41) is 0.722. The molecule has 0 amide bonds. The fourth-order valence-electron chi connectivity index (χ4n) is 2.40. The van der Waals surface area contributed by atoms with Crippen molar-refractivity contribution in [1.29, 1.82) is 0 Å². The van der Waals surface area contributed by atoms with Crippen LogP contribution in [0.15, 0.2) is 24.3 Å². The Kier molecular flexibility index (Phi) is 4.75. The number of rotatable bonds is 4. The summed E-state index contributed by atoms with van der Waals surface area (Å²) >= 11 is 0. The lowest BCUT2D eigenvalue weighted by Crippen LogP contribution is -2.26. The second-order valence-electron chi connectivity index (χ2n) is 5.00. The molecule has 2 rings (SSSR count). The third kappa shape index (κ3) is 2.93. The van der Waals surface area contributed by atoms with E-state index in [1.807, 2.05) is 38.1 Å². The number of carbonyl (C=O) groups excluding carboxylic acids is 2. The zero-order valence-electron chi connectivity index (χ0n) is 13.2. The molecule has 2 aromatic rings. The van der Waals surface area contributed by atoms with E-state index in [9.17, 15) is 9.59 Å². The molecule has 0 saturated heterocycles. The molecule has 1 aromatic carbocycles. The summed E-state index contributed by atoms with van der Waals surface area (Å²) in [7, 11) is 1.26. The van der Waals surface area contributed by atoms with E-state index >= 15 is 0 Å². The van der Waals surface area contributed by atoms with Crippen LogP contribution in [0.3, 0.4) is 0 Å². The molecule has 5 nitrogen and oxygen atoms in total. The van der Waals surface area contributed by atoms with Crippen molar-refractivity contribution in [3.8, 4) is 0 Å². The van der Waals surface area contributed by atoms with E-state index < -0.39 is 18.0 Å². The minimum Gasteiger partial charge on any atom is -0.466 e. The Morgan fingerprint density at radius 1 is 1.27 bits per heavy atom. The standard InChI is InChI=1S/C17H19NO4/c1-5-13-10(2)15(12-8-6-7-9-14(12)18-13)17(20)22-11(3)16(19)21-4/h6-9,11H,5H2,1-4H3/t11-/m1/s1. The maximum atomic E-state index is 12.5. The highest BCUT2D eigenvalue weighted by molar-refractivity contribution is 6.05. The summed E-state index contributed by atoms with van der Waals surface area (Å²) in [6.45, 7) is 5.32. The Hall–Kier alpha value is -2.43. The van der Waals surface area contributed by atoms with Crippen LogP contribution >= 0.6 is 0 Å². The third-order valence-electron chi connectivity index (χ3n) is 3.59. The molecule has 1 aromatic heterocycles. The molecular weight excluding hydrogens is 282 g/mol. The first-order valence-electron chi connectivity index (χ1n) is 7.16. The van der Waals surface area contributed by atoms with Crippen LogP contribution in [0.1, 0.15) is 35.5 Å². The molecule has 0 bridgehead atoms. The van der Waals surface area contributed by atoms with E-state index in [0.29, 0.717) is 12.0 Å². The number of pyridine rings is 1. The first-order chi connectivity index (χ1) is 10.5. The van der Waals surface area contributed by atoms with Gasteiger partial charge >= 0.3 is 11.9 Å². The SMILES string of the molecule is CCc1nc2ccccc2c(C(=O)O[C@H](C)C(=O)OC)c1C. The Morgan fingerprint density at radius 2 is 1.95 bits per heavy atom. The monoisotopic (exact) mass is 301 g/mol. The summed E-state index contributed by atoms with van der Waals surface area (Å²) < 4.78 is 9.82. The van der Waals surface area contributed by atoms with Crippen LogP contribution in [0.4, 0.5) is 0 Å². The third-order valence-corrected chi connectivity index (χ3v) is 3.59. The van der Waals surface area contributed by atoms with Crippen molar-refractivity contribution in [2.45, 2.75) is 33.3 Å². The van der Waals surface area contributed by atoms with Crippen LogP contribution in [0.2, 0.25) is 0 Å². The largest absolute Gasteiger partial charge is 0.466 e. The number of benzene rings is 1. The maximum Gasteiger partial charge on any atom is 0.346 e. The van der Waals surface area contributed by atoms with Gasteiger partial charge in [0.25, 0.3) is 0 Å². The Bertz CT molecular complexity index is 724. The molecule has 0 radical (unpaired) electrons. The number of hydrogen-bond donors (Lipinski definition) is 0. The Morgan fingerprint density at radius 3 is 2.59 bits per heavy atom. The Labute approximate surface area is 129 Å². The molecule has 0 spiro atoms. The molecule has 22 heavy (non-hydrogen) atoms. The van der Waals surface area contributed by atoms with Gasteiger partial charge in [0.05, 0.1) is 18.2 Å². The number of hydrogen-bond acceptors (Lipinski definition) is 5. The molecule has 0 aliphatic carbocycles. The van der Waals surface area contributed by atoms with Gasteiger partial charge in [-0.25, -0.2) is 9.59 Å². The summed E-state index contributed by atoms with van der Waals surface area (Å²) in [6, 6.07) is 7.40. The quantitative estimate of drug-likeness (QED) is 0.812. The van der Waals surface area contributed by atoms with Gasteiger partial charge in [-0.1, -0.05) is 25.1 Å². The van der Waals surface area contributed by atoms with Gasteiger partial charge in [-0.3, -0.25) is 4.98 Å². The number of para-hydroxylation sites is 1. The van der Waals surface area contributed by atoms with Gasteiger partial charge in [-0.2, -0.15) is 0 Å². The van der Waals surface area contributed by atoms with Gasteiger partial charge in [0, 0.05) is 11.1 Å². The highest BCUT2D eigenvalue weighted by atomic mass is 16.6. The van der Waals surface area contributed by atoms with Crippen molar-refractivity contribution < 1.29 is 19.1 Å². The molecule has 1 heterocycles. The highest BCUT2D eigenvalue weighted by Crippen LogP contribution is 2.24. The predicted octanol–water partition coefficient (Wildman–Crippen LogP) is 2.82. The molecule has 0 saturated carbocycles. The van der Waals surface area contributed by atoms with Crippen LogP contribution in [-0.4, -0.2) is 30.1 Å². The summed E-state index contributed by atoms with van der Waals surface area (Å²) in [6.07, 6.45) is -0.238. The van der Waals surface area contributed by atoms with E-state index in [2.05, 4.69) is 9.72 Å². The smallest absolute Gasteiger partial charge is 0.346 e. The van der Waals surface area contributed by atoms with Crippen LogP contribution in [0.5, 0.6) is 0 Å². The number of nitrogens with zero attached hydrogens (tertiary/aromatic N) is 1. The average molecular weight is 301 g/mol. The topological polar surface area (TPSA) is 65.5 Å². The molecule has 1 atom stereocenters. The van der Waals surface area contributed by atoms with E-state index in [4.69, 9.17) is 4.74 Å². The van der Waals surface area contributed by atoms with Crippen LogP contribution < -0.4 is 0 Å². The molecule has 5 heteroatoms. The fraction of sp³-hybridized carbons (Fsp3) is 0.353. The normalized spacial score (nSPS) is 12.0. The molecule has 0 fully saturated rings. The molecule has 116 valence electrons. The fourth-order valence-corrected chi connectivity index (χ4v) is 2.40. The number of carbonyl (C=O) groups is 2. The van der Waals surface area contributed by atoms with Crippen LogP contribution in [-0.2, 0) is 20.7 Å².